The van der Waals surface area contributed by atoms with Gasteiger partial charge in [0, 0.05) is 5.56 Å². The predicted octanol–water partition coefficient (Wildman–Crippen LogP) is 1.79. The van der Waals surface area contributed by atoms with Gasteiger partial charge in [0.2, 0.25) is 12.1 Å². The van der Waals surface area contributed by atoms with Crippen LogP contribution >= 0.6 is 17.0 Å². The summed E-state index contributed by atoms with van der Waals surface area (Å²) in [6.45, 7) is 0.302. The molecule has 1 aromatic carbocycles. The second-order valence-corrected chi connectivity index (χ2v) is 4.24. The van der Waals surface area contributed by atoms with Crippen LogP contribution in [0.3, 0.4) is 0 Å². The Bertz CT molecular complexity index is 596. The molecule has 0 unspecified atom stereocenters. The molecule has 1 heterocycles. The smallest absolute Gasteiger partial charge is 0.243 e. The maximum atomic E-state index is 12.2. The van der Waals surface area contributed by atoms with E-state index in [9.17, 15) is 4.79 Å². The van der Waals surface area contributed by atoms with Crippen molar-refractivity contribution in [2.24, 2.45) is 7.05 Å². The third-order valence-corrected chi connectivity index (χ3v) is 2.86. The molecular weight excluding hydrogens is 324 g/mol. The maximum absolute atomic E-state index is 12.2. The van der Waals surface area contributed by atoms with Crippen LogP contribution in [0.25, 0.3) is 0 Å². The number of benzene rings is 1. The molecule has 0 aliphatic carbocycles. The molecule has 0 saturated heterocycles. The highest BCUT2D eigenvalue weighted by atomic mass is 79.9. The van der Waals surface area contributed by atoms with Crippen molar-refractivity contribution in [2.75, 3.05) is 14.2 Å². The minimum atomic E-state index is 0. The Balaban J connectivity index is 0.00000200. The van der Waals surface area contributed by atoms with Crippen molar-refractivity contribution >= 4 is 22.8 Å². The SMILES string of the molecule is Br.COc1ccc(C(=O)Cn2cc[n+](C)c2)cc1OC. The lowest BCUT2D eigenvalue weighted by molar-refractivity contribution is -0.671. The van der Waals surface area contributed by atoms with Crippen LogP contribution in [0, 0.1) is 0 Å². The first-order valence-corrected chi connectivity index (χ1v) is 5.90. The Morgan fingerprint density at radius 2 is 1.95 bits per heavy atom. The molecule has 0 amide bonds. The second-order valence-electron chi connectivity index (χ2n) is 4.24. The van der Waals surface area contributed by atoms with Gasteiger partial charge in [0.25, 0.3) is 0 Å². The summed E-state index contributed by atoms with van der Waals surface area (Å²) in [5.74, 6) is 1.20. The van der Waals surface area contributed by atoms with E-state index in [1.165, 1.54) is 0 Å². The minimum Gasteiger partial charge on any atom is -0.493 e. The highest BCUT2D eigenvalue weighted by Gasteiger charge is 2.13. The lowest BCUT2D eigenvalue weighted by atomic mass is 10.1. The number of halogens is 1. The van der Waals surface area contributed by atoms with E-state index in [1.807, 2.05) is 34.9 Å². The van der Waals surface area contributed by atoms with Crippen LogP contribution in [0.5, 0.6) is 11.5 Å². The van der Waals surface area contributed by atoms with Gasteiger partial charge in [0.15, 0.2) is 18.0 Å². The Labute approximate surface area is 128 Å². The number of hydrogen-bond donors (Lipinski definition) is 0. The van der Waals surface area contributed by atoms with Gasteiger partial charge in [-0.05, 0) is 18.2 Å². The molecule has 0 radical (unpaired) electrons. The molecule has 2 aromatic rings. The van der Waals surface area contributed by atoms with E-state index in [2.05, 4.69) is 0 Å². The van der Waals surface area contributed by atoms with Crippen molar-refractivity contribution in [1.29, 1.82) is 0 Å². The molecule has 20 heavy (non-hydrogen) atoms. The van der Waals surface area contributed by atoms with E-state index in [4.69, 9.17) is 9.47 Å². The number of aryl methyl sites for hydroxylation is 1. The van der Waals surface area contributed by atoms with Crippen molar-refractivity contribution in [3.8, 4) is 11.5 Å². The molecule has 108 valence electrons. The molecule has 0 atom stereocenters. The number of methoxy groups -OCH3 is 2. The number of rotatable bonds is 5. The lowest BCUT2D eigenvalue weighted by Gasteiger charge is -2.08. The van der Waals surface area contributed by atoms with Crippen LogP contribution in [-0.4, -0.2) is 24.6 Å². The number of hydrogen-bond acceptors (Lipinski definition) is 3. The van der Waals surface area contributed by atoms with Crippen molar-refractivity contribution in [1.82, 2.24) is 4.57 Å². The molecule has 1 aromatic heterocycles. The van der Waals surface area contributed by atoms with Crippen molar-refractivity contribution < 1.29 is 18.8 Å². The quantitative estimate of drug-likeness (QED) is 0.615. The largest absolute Gasteiger partial charge is 0.493 e. The van der Waals surface area contributed by atoms with Crippen LogP contribution < -0.4 is 14.0 Å². The first-order valence-electron chi connectivity index (χ1n) is 5.90. The zero-order chi connectivity index (χ0) is 13.8. The molecule has 0 aliphatic rings. The van der Waals surface area contributed by atoms with Gasteiger partial charge in [-0.2, -0.15) is 0 Å². The summed E-state index contributed by atoms with van der Waals surface area (Å²) < 4.78 is 14.1. The molecule has 0 N–H and O–H groups in total. The summed E-state index contributed by atoms with van der Waals surface area (Å²) in [6, 6.07) is 5.18. The van der Waals surface area contributed by atoms with Crippen molar-refractivity contribution in [2.45, 2.75) is 6.54 Å². The third-order valence-electron chi connectivity index (χ3n) is 2.86. The fraction of sp³-hybridized carbons (Fsp3) is 0.286. The highest BCUT2D eigenvalue weighted by Crippen LogP contribution is 2.27. The molecule has 0 saturated carbocycles. The van der Waals surface area contributed by atoms with Gasteiger partial charge in [-0.3, -0.25) is 4.79 Å². The first-order chi connectivity index (χ1) is 9.13. The topological polar surface area (TPSA) is 44.3 Å². The second kappa shape index (κ2) is 7.09. The number of nitrogens with zero attached hydrogens (tertiary/aromatic N) is 2. The summed E-state index contributed by atoms with van der Waals surface area (Å²) in [4.78, 5) is 12.2. The summed E-state index contributed by atoms with van der Waals surface area (Å²) in [5.41, 5.74) is 0.606. The summed E-state index contributed by atoms with van der Waals surface area (Å²) in [6.07, 6.45) is 5.61. The average Bonchev–Trinajstić information content (AvgIpc) is 2.83. The van der Waals surface area contributed by atoms with Gasteiger partial charge in [-0.25, -0.2) is 9.13 Å². The zero-order valence-corrected chi connectivity index (χ0v) is 13.4. The van der Waals surface area contributed by atoms with Crippen LogP contribution in [0.1, 0.15) is 10.4 Å². The van der Waals surface area contributed by atoms with E-state index >= 15 is 0 Å². The predicted molar refractivity (Wildman–Crippen MR) is 79.8 cm³/mol. The van der Waals surface area contributed by atoms with Gasteiger partial charge in [-0.1, -0.05) is 0 Å². The number of ether oxygens (including phenoxy) is 2. The Hall–Kier alpha value is -1.82. The van der Waals surface area contributed by atoms with Crippen molar-refractivity contribution in [3.63, 3.8) is 0 Å². The number of Topliss-reactive ketones (excluding diaryl/α,β-unsaturated/α-hetero) is 1. The van der Waals surface area contributed by atoms with Crippen LogP contribution in [0.15, 0.2) is 36.9 Å². The van der Waals surface area contributed by atoms with E-state index in [0.29, 0.717) is 23.6 Å². The fourth-order valence-corrected chi connectivity index (χ4v) is 1.86. The van der Waals surface area contributed by atoms with E-state index < -0.39 is 0 Å². The Morgan fingerprint density at radius 3 is 2.50 bits per heavy atom. The Kier molecular flexibility index (Phi) is 5.76. The molecule has 0 spiro atoms. The monoisotopic (exact) mass is 341 g/mol. The normalized spacial score (nSPS) is 9.75. The maximum Gasteiger partial charge on any atom is 0.243 e. The van der Waals surface area contributed by atoms with Crippen LogP contribution in [-0.2, 0) is 13.6 Å². The van der Waals surface area contributed by atoms with E-state index in [-0.39, 0.29) is 22.8 Å². The summed E-state index contributed by atoms with van der Waals surface area (Å²) >= 11 is 0. The Morgan fingerprint density at radius 1 is 1.25 bits per heavy atom. The first kappa shape index (κ1) is 16.2. The zero-order valence-electron chi connectivity index (χ0n) is 11.7. The summed E-state index contributed by atoms with van der Waals surface area (Å²) in [5, 5.41) is 0. The lowest BCUT2D eigenvalue weighted by Crippen LogP contribution is -2.24. The molecule has 6 heteroatoms. The number of carbonyl (C=O) groups is 1. The van der Waals surface area contributed by atoms with Gasteiger partial charge in [0.1, 0.15) is 12.4 Å². The molecular formula is C14H18BrN2O3+. The molecule has 5 nitrogen and oxygen atoms in total. The van der Waals surface area contributed by atoms with Crippen LogP contribution in [0.2, 0.25) is 0 Å². The van der Waals surface area contributed by atoms with E-state index in [0.717, 1.165) is 0 Å². The summed E-state index contributed by atoms with van der Waals surface area (Å²) in [7, 11) is 5.04. The minimum absolute atomic E-state index is 0. The van der Waals surface area contributed by atoms with Gasteiger partial charge < -0.3 is 9.47 Å². The van der Waals surface area contributed by atoms with Crippen LogP contribution in [0.4, 0.5) is 0 Å². The number of carbonyl (C=O) groups excluding carboxylic acids is 1. The van der Waals surface area contributed by atoms with E-state index in [1.54, 1.807) is 32.4 Å². The van der Waals surface area contributed by atoms with Gasteiger partial charge in [0.05, 0.1) is 21.3 Å². The van der Waals surface area contributed by atoms with Crippen molar-refractivity contribution in [3.05, 3.63) is 42.5 Å². The highest BCUT2D eigenvalue weighted by molar-refractivity contribution is 8.93. The third kappa shape index (κ3) is 3.60. The molecule has 2 rings (SSSR count). The molecule has 0 fully saturated rings. The van der Waals surface area contributed by atoms with Gasteiger partial charge >= 0.3 is 0 Å². The number of aromatic nitrogens is 2. The molecule has 0 aliphatic heterocycles. The number of ketones is 1. The standard InChI is InChI=1S/C14H17N2O3.BrH/c1-15-6-7-16(10-15)9-12(17)11-4-5-13(18-2)14(8-11)19-3;/h4-8,10H,9H2,1-3H3;1H/q+1;. The fourth-order valence-electron chi connectivity index (χ4n) is 1.86. The average molecular weight is 342 g/mol. The number of imidazole rings is 1. The van der Waals surface area contributed by atoms with Gasteiger partial charge in [-0.15, -0.1) is 17.0 Å². The molecule has 0 bridgehead atoms.